The average molecular weight is 458 g/mol. The van der Waals surface area contributed by atoms with Gasteiger partial charge in [-0.25, -0.2) is 4.79 Å². The summed E-state index contributed by atoms with van der Waals surface area (Å²) >= 11 is 0. The smallest absolute Gasteiger partial charge is 0.330 e. The van der Waals surface area contributed by atoms with Crippen molar-refractivity contribution in [2.24, 2.45) is 5.92 Å². The van der Waals surface area contributed by atoms with Gasteiger partial charge in [-0.15, -0.1) is 0 Å². The van der Waals surface area contributed by atoms with E-state index in [1.807, 2.05) is 38.1 Å². The number of hydrogen-bond acceptors (Lipinski definition) is 6. The molecular formula is C23H31N5O5. The lowest BCUT2D eigenvalue weighted by atomic mass is 10.1. The van der Waals surface area contributed by atoms with Crippen molar-refractivity contribution in [1.29, 1.82) is 0 Å². The number of methoxy groups -OCH3 is 1. The van der Waals surface area contributed by atoms with Crippen molar-refractivity contribution in [2.45, 2.75) is 39.7 Å². The van der Waals surface area contributed by atoms with Gasteiger partial charge in [0.15, 0.2) is 5.69 Å². The number of hydrogen-bond donors (Lipinski definition) is 2. The van der Waals surface area contributed by atoms with Crippen LogP contribution >= 0.6 is 0 Å². The molecule has 3 rings (SSSR count). The molecule has 178 valence electrons. The number of amides is 2. The van der Waals surface area contributed by atoms with E-state index in [0.717, 1.165) is 17.7 Å². The maximum Gasteiger partial charge on any atom is 0.330 e. The SMILES string of the molecule is CCCCn1c(N)c(N(CCOC)C(=O)[C@H]2CC(=O)N(c3ccc(C)cc3)C2)c(=O)[nH]c1=O. The molecule has 0 radical (unpaired) electrons. The zero-order chi connectivity index (χ0) is 24.1. The van der Waals surface area contributed by atoms with E-state index < -0.39 is 23.1 Å². The monoisotopic (exact) mass is 457 g/mol. The third-order valence-corrected chi connectivity index (χ3v) is 5.82. The fourth-order valence-electron chi connectivity index (χ4n) is 3.96. The molecule has 0 aliphatic carbocycles. The highest BCUT2D eigenvalue weighted by atomic mass is 16.5. The van der Waals surface area contributed by atoms with Crippen molar-refractivity contribution in [3.63, 3.8) is 0 Å². The number of nitrogens with one attached hydrogen (secondary N) is 1. The number of carbonyl (C=O) groups is 2. The number of H-pyrrole nitrogens is 1. The van der Waals surface area contributed by atoms with Crippen LogP contribution in [0.3, 0.4) is 0 Å². The lowest BCUT2D eigenvalue weighted by Gasteiger charge is -2.26. The number of nitrogen functional groups attached to an aromatic ring is 1. The van der Waals surface area contributed by atoms with Crippen LogP contribution in [-0.4, -0.2) is 48.2 Å². The average Bonchev–Trinajstić information content (AvgIpc) is 3.17. The second kappa shape index (κ2) is 10.5. The van der Waals surface area contributed by atoms with Crippen molar-refractivity contribution in [1.82, 2.24) is 9.55 Å². The van der Waals surface area contributed by atoms with Crippen molar-refractivity contribution < 1.29 is 14.3 Å². The van der Waals surface area contributed by atoms with Crippen LogP contribution in [0, 0.1) is 12.8 Å². The van der Waals surface area contributed by atoms with Crippen LogP contribution in [-0.2, 0) is 20.9 Å². The molecule has 3 N–H and O–H groups in total. The van der Waals surface area contributed by atoms with Crippen molar-refractivity contribution in [2.75, 3.05) is 42.3 Å². The predicted molar refractivity (Wildman–Crippen MR) is 127 cm³/mol. The topological polar surface area (TPSA) is 131 Å². The van der Waals surface area contributed by atoms with E-state index in [1.165, 1.54) is 16.6 Å². The van der Waals surface area contributed by atoms with Gasteiger partial charge >= 0.3 is 5.69 Å². The first-order valence-electron chi connectivity index (χ1n) is 11.1. The Hall–Kier alpha value is -3.40. The Bertz CT molecular complexity index is 1120. The van der Waals surface area contributed by atoms with Gasteiger partial charge in [-0.05, 0) is 25.5 Å². The summed E-state index contributed by atoms with van der Waals surface area (Å²) in [5.74, 6) is -1.31. The molecule has 1 atom stereocenters. The largest absolute Gasteiger partial charge is 0.383 e. The Kier molecular flexibility index (Phi) is 7.70. The molecule has 1 aromatic carbocycles. The maximum atomic E-state index is 13.5. The molecule has 2 aromatic rings. The molecular weight excluding hydrogens is 426 g/mol. The highest BCUT2D eigenvalue weighted by Crippen LogP contribution is 2.28. The van der Waals surface area contributed by atoms with Crippen LogP contribution < -0.4 is 26.8 Å². The molecule has 1 aromatic heterocycles. The summed E-state index contributed by atoms with van der Waals surface area (Å²) in [6.45, 7) is 4.65. The number of nitrogens with two attached hydrogens (primary N) is 1. The summed E-state index contributed by atoms with van der Waals surface area (Å²) in [4.78, 5) is 56.3. The van der Waals surface area contributed by atoms with E-state index >= 15 is 0 Å². The first-order valence-corrected chi connectivity index (χ1v) is 11.1. The number of aromatic amines is 1. The minimum atomic E-state index is -0.741. The molecule has 10 heteroatoms. The molecule has 0 unspecified atom stereocenters. The minimum absolute atomic E-state index is 0.0173. The van der Waals surface area contributed by atoms with Gasteiger partial charge < -0.3 is 20.3 Å². The summed E-state index contributed by atoms with van der Waals surface area (Å²) in [5.41, 5.74) is 6.56. The minimum Gasteiger partial charge on any atom is -0.383 e. The number of benzene rings is 1. The number of rotatable bonds is 9. The summed E-state index contributed by atoms with van der Waals surface area (Å²) in [7, 11) is 1.48. The van der Waals surface area contributed by atoms with E-state index in [0.29, 0.717) is 13.0 Å². The molecule has 1 aliphatic heterocycles. The van der Waals surface area contributed by atoms with Crippen molar-refractivity contribution in [3.8, 4) is 0 Å². The number of nitrogens with zero attached hydrogens (tertiary/aromatic N) is 3. The quantitative estimate of drug-likeness (QED) is 0.583. The fourth-order valence-corrected chi connectivity index (χ4v) is 3.96. The van der Waals surface area contributed by atoms with Crippen LogP contribution in [0.25, 0.3) is 0 Å². The molecule has 2 amide bonds. The predicted octanol–water partition coefficient (Wildman–Crippen LogP) is 1.26. The molecule has 0 bridgehead atoms. The van der Waals surface area contributed by atoms with E-state index in [-0.39, 0.29) is 43.5 Å². The molecule has 10 nitrogen and oxygen atoms in total. The van der Waals surface area contributed by atoms with Gasteiger partial charge in [0, 0.05) is 38.9 Å². The van der Waals surface area contributed by atoms with Crippen LogP contribution in [0.4, 0.5) is 17.2 Å². The second-order valence-electron chi connectivity index (χ2n) is 8.22. The van der Waals surface area contributed by atoms with E-state index in [1.54, 1.807) is 4.90 Å². The van der Waals surface area contributed by atoms with Crippen molar-refractivity contribution in [3.05, 3.63) is 50.7 Å². The van der Waals surface area contributed by atoms with Crippen LogP contribution in [0.5, 0.6) is 0 Å². The number of aryl methyl sites for hydroxylation is 1. The lowest BCUT2D eigenvalue weighted by molar-refractivity contribution is -0.124. The van der Waals surface area contributed by atoms with Gasteiger partial charge in [-0.1, -0.05) is 31.0 Å². The van der Waals surface area contributed by atoms with Gasteiger partial charge in [-0.2, -0.15) is 0 Å². The third-order valence-electron chi connectivity index (χ3n) is 5.82. The Morgan fingerprint density at radius 3 is 2.58 bits per heavy atom. The highest BCUT2D eigenvalue weighted by molar-refractivity contribution is 6.05. The van der Waals surface area contributed by atoms with Crippen LogP contribution in [0.2, 0.25) is 0 Å². The lowest BCUT2D eigenvalue weighted by Crippen LogP contribution is -2.45. The molecule has 33 heavy (non-hydrogen) atoms. The fraction of sp³-hybridized carbons (Fsp3) is 0.478. The normalized spacial score (nSPS) is 15.8. The molecule has 0 saturated carbocycles. The molecule has 2 heterocycles. The summed E-state index contributed by atoms with van der Waals surface area (Å²) in [5, 5.41) is 0. The van der Waals surface area contributed by atoms with Gasteiger partial charge in [0.2, 0.25) is 11.8 Å². The molecule has 1 aliphatic rings. The van der Waals surface area contributed by atoms with Crippen LogP contribution in [0.15, 0.2) is 33.9 Å². The van der Waals surface area contributed by atoms with Gasteiger partial charge in [0.05, 0.1) is 12.5 Å². The number of unbranched alkanes of at least 4 members (excludes halogenated alkanes) is 1. The van der Waals surface area contributed by atoms with E-state index in [9.17, 15) is 19.2 Å². The number of anilines is 3. The zero-order valence-electron chi connectivity index (χ0n) is 19.3. The molecule has 1 saturated heterocycles. The van der Waals surface area contributed by atoms with Crippen molar-refractivity contribution >= 4 is 29.0 Å². The zero-order valence-corrected chi connectivity index (χ0v) is 19.3. The Balaban J connectivity index is 1.94. The summed E-state index contributed by atoms with van der Waals surface area (Å²) in [6.07, 6.45) is 1.53. The maximum absolute atomic E-state index is 13.5. The number of ether oxygens (including phenoxy) is 1. The Morgan fingerprint density at radius 2 is 1.94 bits per heavy atom. The van der Waals surface area contributed by atoms with E-state index in [2.05, 4.69) is 4.98 Å². The second-order valence-corrected chi connectivity index (χ2v) is 8.22. The third kappa shape index (κ3) is 5.16. The first kappa shape index (κ1) is 24.2. The van der Waals surface area contributed by atoms with Crippen LogP contribution in [0.1, 0.15) is 31.7 Å². The Labute approximate surface area is 191 Å². The van der Waals surface area contributed by atoms with Gasteiger partial charge in [-0.3, -0.25) is 23.9 Å². The summed E-state index contributed by atoms with van der Waals surface area (Å²) < 4.78 is 6.40. The highest BCUT2D eigenvalue weighted by Gasteiger charge is 2.38. The number of carbonyl (C=O) groups excluding carboxylic acids is 2. The summed E-state index contributed by atoms with van der Waals surface area (Å²) in [6, 6.07) is 7.50. The van der Waals surface area contributed by atoms with E-state index in [4.69, 9.17) is 10.5 Å². The standard InChI is InChI=1S/C23H31N5O5/c1-4-5-10-27-20(24)19(21(30)25-23(27)32)26(11-12-33-3)22(31)16-13-18(29)28(14-16)17-8-6-15(2)7-9-17/h6-9,16H,4-5,10-14,24H2,1-3H3,(H,25,30,32)/t16-/m0/s1. The Morgan fingerprint density at radius 1 is 1.24 bits per heavy atom. The van der Waals surface area contributed by atoms with Gasteiger partial charge in [0.25, 0.3) is 5.56 Å². The molecule has 1 fully saturated rings. The first-order chi connectivity index (χ1) is 15.8. The molecule has 0 spiro atoms. The number of aromatic nitrogens is 2. The van der Waals surface area contributed by atoms with Gasteiger partial charge in [0.1, 0.15) is 5.82 Å².